The number of nitrogens with one attached hydrogen (secondary N) is 1. The summed E-state index contributed by atoms with van der Waals surface area (Å²) in [7, 11) is 0. The molecule has 108 valence electrons. The number of rotatable bonds is 4. The molecule has 1 amide bonds. The van der Waals surface area contributed by atoms with Crippen molar-refractivity contribution >= 4 is 23.2 Å². The summed E-state index contributed by atoms with van der Waals surface area (Å²) in [4.78, 5) is 23.9. The lowest BCUT2D eigenvalue weighted by Gasteiger charge is -2.43. The Bertz CT molecular complexity index is 674. The van der Waals surface area contributed by atoms with Crippen LogP contribution in [0.25, 0.3) is 0 Å². The Hall–Kier alpha value is -2.14. The quantitative estimate of drug-likeness (QED) is 0.911. The van der Waals surface area contributed by atoms with Crippen LogP contribution in [0.3, 0.4) is 0 Å². The average Bonchev–Trinajstić information content (AvgIpc) is 2.93. The van der Waals surface area contributed by atoms with E-state index in [9.17, 15) is 9.59 Å². The molecule has 0 atom stereocenters. The molecule has 0 spiro atoms. The number of amides is 1. The molecule has 0 saturated heterocycles. The molecule has 1 aliphatic rings. The van der Waals surface area contributed by atoms with E-state index in [2.05, 4.69) is 5.32 Å². The van der Waals surface area contributed by atoms with Gasteiger partial charge in [-0.25, -0.2) is 4.79 Å². The molecule has 0 bridgehead atoms. The Morgan fingerprint density at radius 2 is 1.71 bits per heavy atom. The first-order chi connectivity index (χ1) is 10.1. The maximum Gasteiger partial charge on any atom is 0.345 e. The first-order valence-corrected chi connectivity index (χ1v) is 7.64. The van der Waals surface area contributed by atoms with E-state index in [1.165, 1.54) is 6.07 Å². The Morgan fingerprint density at radius 1 is 1.05 bits per heavy atom. The highest BCUT2D eigenvalue weighted by Crippen LogP contribution is 2.41. The van der Waals surface area contributed by atoms with Gasteiger partial charge in [0.1, 0.15) is 4.88 Å². The average molecular weight is 301 g/mol. The first kappa shape index (κ1) is 13.8. The summed E-state index contributed by atoms with van der Waals surface area (Å²) in [5.41, 5.74) is 0.811. The third-order valence-corrected chi connectivity index (χ3v) is 5.00. The number of aromatic carboxylic acids is 1. The lowest BCUT2D eigenvalue weighted by molar-refractivity contribution is 0.0701. The third-order valence-electron chi connectivity index (χ3n) is 3.93. The Morgan fingerprint density at radius 3 is 2.24 bits per heavy atom. The van der Waals surface area contributed by atoms with Crippen molar-refractivity contribution in [3.63, 3.8) is 0 Å². The van der Waals surface area contributed by atoms with Gasteiger partial charge in [-0.3, -0.25) is 4.79 Å². The highest BCUT2D eigenvalue weighted by Gasteiger charge is 2.40. The van der Waals surface area contributed by atoms with Crippen LogP contribution in [0.4, 0.5) is 0 Å². The van der Waals surface area contributed by atoms with Gasteiger partial charge in [-0.1, -0.05) is 30.3 Å². The molecule has 5 heteroatoms. The van der Waals surface area contributed by atoms with E-state index in [0.717, 1.165) is 36.2 Å². The monoisotopic (exact) mass is 301 g/mol. The second kappa shape index (κ2) is 5.33. The van der Waals surface area contributed by atoms with Crippen LogP contribution in [-0.2, 0) is 5.54 Å². The molecule has 0 aliphatic heterocycles. The van der Waals surface area contributed by atoms with E-state index in [1.807, 2.05) is 30.3 Å². The predicted octanol–water partition coefficient (Wildman–Crippen LogP) is 3.26. The smallest absolute Gasteiger partial charge is 0.345 e. The van der Waals surface area contributed by atoms with Crippen molar-refractivity contribution in [3.8, 4) is 0 Å². The van der Waals surface area contributed by atoms with Gasteiger partial charge in [0.2, 0.25) is 0 Å². The number of thiophene rings is 1. The van der Waals surface area contributed by atoms with Crippen molar-refractivity contribution in [3.05, 3.63) is 57.8 Å². The number of hydrogen-bond donors (Lipinski definition) is 2. The molecule has 4 nitrogen and oxygen atoms in total. The summed E-state index contributed by atoms with van der Waals surface area (Å²) in [6, 6.07) is 13.0. The van der Waals surface area contributed by atoms with Crippen LogP contribution < -0.4 is 5.32 Å². The fourth-order valence-corrected chi connectivity index (χ4v) is 3.37. The molecule has 3 rings (SSSR count). The summed E-state index contributed by atoms with van der Waals surface area (Å²) in [5, 5.41) is 12.0. The first-order valence-electron chi connectivity index (χ1n) is 6.82. The van der Waals surface area contributed by atoms with E-state index in [4.69, 9.17) is 5.11 Å². The number of carbonyl (C=O) groups is 2. The topological polar surface area (TPSA) is 66.4 Å². The van der Waals surface area contributed by atoms with E-state index < -0.39 is 5.97 Å². The molecule has 1 aliphatic carbocycles. The van der Waals surface area contributed by atoms with Gasteiger partial charge in [-0.15, -0.1) is 11.3 Å². The van der Waals surface area contributed by atoms with Gasteiger partial charge in [0, 0.05) is 0 Å². The minimum Gasteiger partial charge on any atom is -0.477 e. The van der Waals surface area contributed by atoms with Crippen molar-refractivity contribution in [2.24, 2.45) is 0 Å². The zero-order valence-corrected chi connectivity index (χ0v) is 12.2. The van der Waals surface area contributed by atoms with Gasteiger partial charge in [0.25, 0.3) is 5.91 Å². The molecule has 1 heterocycles. The van der Waals surface area contributed by atoms with Crippen molar-refractivity contribution in [2.45, 2.75) is 24.8 Å². The van der Waals surface area contributed by atoms with Crippen molar-refractivity contribution in [1.29, 1.82) is 0 Å². The van der Waals surface area contributed by atoms with Crippen LogP contribution in [0.1, 0.15) is 44.2 Å². The summed E-state index contributed by atoms with van der Waals surface area (Å²) in [6.45, 7) is 0. The second-order valence-corrected chi connectivity index (χ2v) is 6.31. The van der Waals surface area contributed by atoms with Crippen LogP contribution >= 0.6 is 11.3 Å². The summed E-state index contributed by atoms with van der Waals surface area (Å²) in [6.07, 6.45) is 2.92. The normalized spacial score (nSPS) is 16.0. The molecule has 21 heavy (non-hydrogen) atoms. The van der Waals surface area contributed by atoms with Crippen LogP contribution in [0.2, 0.25) is 0 Å². The van der Waals surface area contributed by atoms with Crippen LogP contribution in [0, 0.1) is 0 Å². The van der Waals surface area contributed by atoms with E-state index >= 15 is 0 Å². The Balaban J connectivity index is 1.81. The molecular formula is C16H15NO3S. The molecule has 1 aromatic carbocycles. The molecule has 0 unspecified atom stereocenters. The maximum absolute atomic E-state index is 12.4. The Kier molecular flexibility index (Phi) is 3.51. The molecule has 2 N–H and O–H groups in total. The summed E-state index contributed by atoms with van der Waals surface area (Å²) in [5.74, 6) is -1.20. The highest BCUT2D eigenvalue weighted by atomic mass is 32.1. The molecule has 1 saturated carbocycles. The number of carbonyl (C=O) groups excluding carboxylic acids is 1. The third kappa shape index (κ3) is 2.56. The predicted molar refractivity (Wildman–Crippen MR) is 80.7 cm³/mol. The van der Waals surface area contributed by atoms with Crippen LogP contribution in [0.15, 0.2) is 42.5 Å². The summed E-state index contributed by atoms with van der Waals surface area (Å²) >= 11 is 1.01. The molecule has 0 radical (unpaired) electrons. The molecule has 1 fully saturated rings. The second-order valence-electron chi connectivity index (χ2n) is 5.22. The minimum absolute atomic E-state index is 0.183. The number of carboxylic acid groups (broad SMARTS) is 1. The minimum atomic E-state index is -1.000. The summed E-state index contributed by atoms with van der Waals surface area (Å²) < 4.78 is 0. The largest absolute Gasteiger partial charge is 0.477 e. The zero-order valence-electron chi connectivity index (χ0n) is 11.3. The van der Waals surface area contributed by atoms with Gasteiger partial charge < -0.3 is 10.4 Å². The zero-order chi connectivity index (χ0) is 14.9. The standard InChI is InChI=1S/C16H15NO3S/c18-14(12-7-8-13(21-12)15(19)20)17-16(9-4-10-16)11-5-2-1-3-6-11/h1-3,5-8H,4,9-10H2,(H,17,18)(H,19,20). The Labute approximate surface area is 126 Å². The van der Waals surface area contributed by atoms with Gasteiger partial charge in [-0.2, -0.15) is 0 Å². The maximum atomic E-state index is 12.4. The lowest BCUT2D eigenvalue weighted by Crippen LogP contribution is -2.50. The van der Waals surface area contributed by atoms with Crippen LogP contribution in [-0.4, -0.2) is 17.0 Å². The van der Waals surface area contributed by atoms with Gasteiger partial charge >= 0.3 is 5.97 Å². The van der Waals surface area contributed by atoms with Gasteiger partial charge in [0.15, 0.2) is 0 Å². The molecule has 1 aromatic heterocycles. The number of carboxylic acids is 1. The van der Waals surface area contributed by atoms with E-state index in [1.54, 1.807) is 6.07 Å². The number of benzene rings is 1. The fourth-order valence-electron chi connectivity index (χ4n) is 2.63. The van der Waals surface area contributed by atoms with Gasteiger partial charge in [-0.05, 0) is 37.0 Å². The van der Waals surface area contributed by atoms with Crippen molar-refractivity contribution < 1.29 is 14.7 Å². The van der Waals surface area contributed by atoms with Crippen molar-refractivity contribution in [2.75, 3.05) is 0 Å². The number of hydrogen-bond acceptors (Lipinski definition) is 3. The SMILES string of the molecule is O=C(O)c1ccc(C(=O)NC2(c3ccccc3)CCC2)s1. The highest BCUT2D eigenvalue weighted by molar-refractivity contribution is 7.15. The molecular weight excluding hydrogens is 286 g/mol. The lowest BCUT2D eigenvalue weighted by atomic mass is 9.72. The fraction of sp³-hybridized carbons (Fsp3) is 0.250. The van der Waals surface area contributed by atoms with E-state index in [-0.39, 0.29) is 16.3 Å². The van der Waals surface area contributed by atoms with Crippen molar-refractivity contribution in [1.82, 2.24) is 5.32 Å². The van der Waals surface area contributed by atoms with E-state index in [0.29, 0.717) is 4.88 Å². The van der Waals surface area contributed by atoms with Gasteiger partial charge in [0.05, 0.1) is 10.4 Å². The van der Waals surface area contributed by atoms with Crippen LogP contribution in [0.5, 0.6) is 0 Å². The molecule has 2 aromatic rings.